The Labute approximate surface area is 133 Å². The van der Waals surface area contributed by atoms with Gasteiger partial charge >= 0.3 is 6.18 Å². The van der Waals surface area contributed by atoms with E-state index in [9.17, 15) is 18.0 Å². The summed E-state index contributed by atoms with van der Waals surface area (Å²) in [5.41, 5.74) is 1.05. The van der Waals surface area contributed by atoms with E-state index < -0.39 is 18.6 Å². The van der Waals surface area contributed by atoms with Crippen LogP contribution in [0, 0.1) is 0 Å². The summed E-state index contributed by atoms with van der Waals surface area (Å²) in [6.45, 7) is -0.502. The first-order valence-corrected chi connectivity index (χ1v) is 7.49. The van der Waals surface area contributed by atoms with Gasteiger partial charge in [0, 0.05) is 13.1 Å². The third kappa shape index (κ3) is 4.86. The number of likely N-dealkylation sites (tertiary alicyclic amines) is 1. The average molecular weight is 330 g/mol. The molecule has 2 rings (SSSR count). The van der Waals surface area contributed by atoms with Gasteiger partial charge in [-0.2, -0.15) is 13.2 Å². The van der Waals surface area contributed by atoms with Crippen LogP contribution in [0.25, 0.3) is 0 Å². The van der Waals surface area contributed by atoms with Gasteiger partial charge in [-0.15, -0.1) is 0 Å². The molecule has 0 aliphatic carbocycles. The summed E-state index contributed by atoms with van der Waals surface area (Å²) in [6, 6.07) is 7.63. The summed E-state index contributed by atoms with van der Waals surface area (Å²) < 4.78 is 42.2. The highest BCUT2D eigenvalue weighted by Crippen LogP contribution is 2.32. The molecule has 128 valence electrons. The average Bonchev–Trinajstić information content (AvgIpc) is 2.93. The SMILES string of the molecule is COc1ccc(C2CCCN2CC(=O)N(C)CC(F)(F)F)cc1. The van der Waals surface area contributed by atoms with Crippen LogP contribution in [0.3, 0.4) is 0 Å². The number of ether oxygens (including phenoxy) is 1. The molecule has 23 heavy (non-hydrogen) atoms. The van der Waals surface area contributed by atoms with Gasteiger partial charge < -0.3 is 9.64 Å². The van der Waals surface area contributed by atoms with Crippen molar-refractivity contribution in [2.75, 3.05) is 33.8 Å². The number of hydrogen-bond donors (Lipinski definition) is 0. The predicted octanol–water partition coefficient (Wildman–Crippen LogP) is 2.85. The van der Waals surface area contributed by atoms with Crippen LogP contribution in [0.2, 0.25) is 0 Å². The van der Waals surface area contributed by atoms with Crippen LogP contribution in [-0.2, 0) is 4.79 Å². The van der Waals surface area contributed by atoms with Gasteiger partial charge in [0.15, 0.2) is 0 Å². The molecule has 0 saturated carbocycles. The van der Waals surface area contributed by atoms with E-state index in [2.05, 4.69) is 0 Å². The van der Waals surface area contributed by atoms with Gasteiger partial charge in [-0.05, 0) is 37.1 Å². The zero-order valence-electron chi connectivity index (χ0n) is 13.3. The largest absolute Gasteiger partial charge is 0.497 e. The molecule has 1 aliphatic rings. The quantitative estimate of drug-likeness (QED) is 0.832. The molecule has 1 aromatic rings. The monoisotopic (exact) mass is 330 g/mol. The number of amides is 1. The number of nitrogens with zero attached hydrogens (tertiary/aromatic N) is 2. The Morgan fingerprint density at radius 2 is 2.00 bits per heavy atom. The topological polar surface area (TPSA) is 32.8 Å². The molecule has 1 unspecified atom stereocenters. The minimum Gasteiger partial charge on any atom is -0.497 e. The number of alkyl halides is 3. The summed E-state index contributed by atoms with van der Waals surface area (Å²) >= 11 is 0. The molecule has 1 aromatic carbocycles. The Bertz CT molecular complexity index is 531. The van der Waals surface area contributed by atoms with Gasteiger partial charge in [-0.1, -0.05) is 12.1 Å². The van der Waals surface area contributed by atoms with E-state index in [1.165, 1.54) is 7.05 Å². The lowest BCUT2D eigenvalue weighted by Gasteiger charge is -2.27. The maximum absolute atomic E-state index is 12.4. The van der Waals surface area contributed by atoms with Crippen LogP contribution < -0.4 is 4.74 Å². The maximum Gasteiger partial charge on any atom is 0.406 e. The molecule has 0 radical (unpaired) electrons. The number of halogens is 3. The van der Waals surface area contributed by atoms with Crippen molar-refractivity contribution in [2.24, 2.45) is 0 Å². The van der Waals surface area contributed by atoms with E-state index in [0.29, 0.717) is 6.54 Å². The Morgan fingerprint density at radius 3 is 2.57 bits per heavy atom. The van der Waals surface area contributed by atoms with E-state index in [1.54, 1.807) is 7.11 Å². The number of rotatable bonds is 5. The van der Waals surface area contributed by atoms with E-state index in [4.69, 9.17) is 4.74 Å². The number of methoxy groups -OCH3 is 1. The van der Waals surface area contributed by atoms with Crippen molar-refractivity contribution in [3.8, 4) is 5.75 Å². The molecule has 0 aromatic heterocycles. The molecule has 4 nitrogen and oxygen atoms in total. The number of benzene rings is 1. The normalized spacial score (nSPS) is 18.9. The molecule has 0 N–H and O–H groups in total. The summed E-state index contributed by atoms with van der Waals surface area (Å²) in [5.74, 6) is 0.238. The second kappa shape index (κ2) is 7.21. The molecule has 0 spiro atoms. The predicted molar refractivity (Wildman–Crippen MR) is 80.2 cm³/mol. The molecule has 1 aliphatic heterocycles. The van der Waals surface area contributed by atoms with Crippen molar-refractivity contribution in [2.45, 2.75) is 25.1 Å². The van der Waals surface area contributed by atoms with Crippen molar-refractivity contribution < 1.29 is 22.7 Å². The lowest BCUT2D eigenvalue weighted by atomic mass is 10.0. The van der Waals surface area contributed by atoms with Crippen LogP contribution in [0.1, 0.15) is 24.4 Å². The van der Waals surface area contributed by atoms with Crippen LogP contribution >= 0.6 is 0 Å². The van der Waals surface area contributed by atoms with Crippen molar-refractivity contribution in [3.63, 3.8) is 0 Å². The fourth-order valence-corrected chi connectivity index (χ4v) is 2.87. The smallest absolute Gasteiger partial charge is 0.406 e. The lowest BCUT2D eigenvalue weighted by molar-refractivity contribution is -0.159. The first-order chi connectivity index (χ1) is 10.8. The van der Waals surface area contributed by atoms with Crippen LogP contribution in [0.15, 0.2) is 24.3 Å². The molecule has 1 amide bonds. The fraction of sp³-hybridized carbons (Fsp3) is 0.562. The number of likely N-dealkylation sites (N-methyl/N-ethyl adjacent to an activating group) is 1. The molecule has 1 heterocycles. The highest BCUT2D eigenvalue weighted by atomic mass is 19.4. The molecular formula is C16H21F3N2O2. The van der Waals surface area contributed by atoms with Gasteiger partial charge in [0.2, 0.25) is 5.91 Å². The van der Waals surface area contributed by atoms with Gasteiger partial charge in [-0.25, -0.2) is 0 Å². The fourth-order valence-electron chi connectivity index (χ4n) is 2.87. The molecular weight excluding hydrogens is 309 g/mol. The molecule has 7 heteroatoms. The third-order valence-corrected chi connectivity index (χ3v) is 4.04. The Hall–Kier alpha value is -1.76. The van der Waals surface area contributed by atoms with E-state index in [-0.39, 0.29) is 12.6 Å². The standard InChI is InChI=1S/C16H21F3N2O2/c1-20(11-16(17,18)19)15(22)10-21-9-3-4-14(21)12-5-7-13(23-2)8-6-12/h5-8,14H,3-4,9-11H2,1-2H3. The van der Waals surface area contributed by atoms with Crippen molar-refractivity contribution in [1.82, 2.24) is 9.80 Å². The number of hydrogen-bond acceptors (Lipinski definition) is 3. The molecule has 1 atom stereocenters. The maximum atomic E-state index is 12.4. The highest BCUT2D eigenvalue weighted by molar-refractivity contribution is 5.78. The van der Waals surface area contributed by atoms with Crippen LogP contribution in [0.4, 0.5) is 13.2 Å². The van der Waals surface area contributed by atoms with Gasteiger partial charge in [-0.3, -0.25) is 9.69 Å². The van der Waals surface area contributed by atoms with Gasteiger partial charge in [0.25, 0.3) is 0 Å². The third-order valence-electron chi connectivity index (χ3n) is 4.04. The van der Waals surface area contributed by atoms with Gasteiger partial charge in [0.1, 0.15) is 12.3 Å². The van der Waals surface area contributed by atoms with Crippen molar-refractivity contribution in [1.29, 1.82) is 0 Å². The molecule has 1 saturated heterocycles. The number of carbonyl (C=O) groups excluding carboxylic acids is 1. The van der Waals surface area contributed by atoms with Crippen molar-refractivity contribution >= 4 is 5.91 Å². The summed E-state index contributed by atoms with van der Waals surface area (Å²) in [5, 5.41) is 0. The minimum absolute atomic E-state index is 0.00325. The zero-order valence-corrected chi connectivity index (χ0v) is 13.3. The van der Waals surface area contributed by atoms with Crippen LogP contribution in [0.5, 0.6) is 5.75 Å². The Balaban J connectivity index is 1.99. The molecule has 0 bridgehead atoms. The molecule has 1 fully saturated rings. The van der Waals surface area contributed by atoms with E-state index >= 15 is 0 Å². The lowest BCUT2D eigenvalue weighted by Crippen LogP contribution is -2.42. The van der Waals surface area contributed by atoms with Gasteiger partial charge in [0.05, 0.1) is 13.7 Å². The number of carbonyl (C=O) groups is 1. The second-order valence-electron chi connectivity index (χ2n) is 5.77. The second-order valence-corrected chi connectivity index (χ2v) is 5.77. The first-order valence-electron chi connectivity index (χ1n) is 7.49. The Kier molecular flexibility index (Phi) is 5.51. The van der Waals surface area contributed by atoms with Crippen LogP contribution in [-0.4, -0.2) is 55.7 Å². The van der Waals surface area contributed by atoms with E-state index in [1.807, 2.05) is 29.2 Å². The van der Waals surface area contributed by atoms with E-state index in [0.717, 1.165) is 29.1 Å². The summed E-state index contributed by atoms with van der Waals surface area (Å²) in [6.07, 6.45) is -2.56. The highest BCUT2D eigenvalue weighted by Gasteiger charge is 2.33. The minimum atomic E-state index is -4.37. The summed E-state index contributed by atoms with van der Waals surface area (Å²) in [4.78, 5) is 14.7. The van der Waals surface area contributed by atoms with Crippen molar-refractivity contribution in [3.05, 3.63) is 29.8 Å². The first kappa shape index (κ1) is 17.6. The Morgan fingerprint density at radius 1 is 1.35 bits per heavy atom. The zero-order chi connectivity index (χ0) is 17.0. The summed E-state index contributed by atoms with van der Waals surface area (Å²) in [7, 11) is 2.78.